The van der Waals surface area contributed by atoms with Crippen molar-refractivity contribution in [2.75, 3.05) is 6.61 Å². The molecule has 1 nitrogen and oxygen atoms in total. The summed E-state index contributed by atoms with van der Waals surface area (Å²) in [7, 11) is 0. The number of rotatable bonds is 7. The molecule has 1 heteroatoms. The van der Waals surface area contributed by atoms with Crippen molar-refractivity contribution in [3.8, 4) is 0 Å². The molecule has 2 unspecified atom stereocenters. The van der Waals surface area contributed by atoms with Crippen LogP contribution < -0.4 is 0 Å². The van der Waals surface area contributed by atoms with Crippen LogP contribution in [0.5, 0.6) is 0 Å². The largest absolute Gasteiger partial charge is 0.396 e. The minimum atomic E-state index is -0.0112. The van der Waals surface area contributed by atoms with Gasteiger partial charge in [-0.05, 0) is 66.0 Å². The Labute approximate surface area is 163 Å². The van der Waals surface area contributed by atoms with Crippen LogP contribution in [0.2, 0.25) is 0 Å². The van der Waals surface area contributed by atoms with Crippen molar-refractivity contribution in [3.05, 3.63) is 96.6 Å². The first-order chi connectivity index (χ1) is 13.2. The molecule has 0 spiro atoms. The summed E-state index contributed by atoms with van der Waals surface area (Å²) in [5.41, 5.74) is 4.25. The standard InChI is InChI=1S/C26H30O/c1-3-21-14-15-22(4-2)26(21,23-11-6-5-7-12-23)17-20(18-27)25-16-19-10-8-9-13-24(19)25/h3-13,20-22,25,27H,1-2,14-18H2/t20?,21-,22-,25?/m1/s1. The van der Waals surface area contributed by atoms with Gasteiger partial charge >= 0.3 is 0 Å². The summed E-state index contributed by atoms with van der Waals surface area (Å²) in [4.78, 5) is 0. The second-order valence-corrected chi connectivity index (χ2v) is 8.32. The van der Waals surface area contributed by atoms with E-state index in [1.54, 1.807) is 0 Å². The Hall–Kier alpha value is -2.12. The van der Waals surface area contributed by atoms with Crippen molar-refractivity contribution in [3.63, 3.8) is 0 Å². The van der Waals surface area contributed by atoms with Crippen LogP contribution in [0.1, 0.15) is 41.9 Å². The number of allylic oxidation sites excluding steroid dienone is 2. The molecule has 0 aliphatic heterocycles. The fourth-order valence-corrected chi connectivity index (χ4v) is 5.89. The summed E-state index contributed by atoms with van der Waals surface area (Å²) < 4.78 is 0. The summed E-state index contributed by atoms with van der Waals surface area (Å²) in [6.45, 7) is 8.60. The number of hydrogen-bond acceptors (Lipinski definition) is 1. The van der Waals surface area contributed by atoms with E-state index in [0.717, 1.165) is 25.7 Å². The van der Waals surface area contributed by atoms with Gasteiger partial charge in [-0.2, -0.15) is 0 Å². The highest BCUT2D eigenvalue weighted by Crippen LogP contribution is 2.56. The van der Waals surface area contributed by atoms with Gasteiger partial charge < -0.3 is 5.11 Å². The summed E-state index contributed by atoms with van der Waals surface area (Å²) in [6, 6.07) is 19.6. The van der Waals surface area contributed by atoms with Gasteiger partial charge in [-0.25, -0.2) is 0 Å². The Morgan fingerprint density at radius 1 is 0.963 bits per heavy atom. The van der Waals surface area contributed by atoms with Gasteiger partial charge in [-0.15, -0.1) is 13.2 Å². The molecule has 0 amide bonds. The molecule has 2 aromatic carbocycles. The van der Waals surface area contributed by atoms with Gasteiger partial charge in [-0.1, -0.05) is 66.7 Å². The molecule has 1 saturated carbocycles. The molecular formula is C26H30O. The Morgan fingerprint density at radius 3 is 2.19 bits per heavy atom. The molecule has 140 valence electrons. The van der Waals surface area contributed by atoms with E-state index in [-0.39, 0.29) is 17.9 Å². The van der Waals surface area contributed by atoms with Gasteiger partial charge in [0.2, 0.25) is 0 Å². The maximum atomic E-state index is 10.4. The Morgan fingerprint density at radius 2 is 1.59 bits per heavy atom. The second-order valence-electron chi connectivity index (χ2n) is 8.32. The van der Waals surface area contributed by atoms with Gasteiger partial charge in [0.1, 0.15) is 0 Å². The average molecular weight is 359 g/mol. The lowest BCUT2D eigenvalue weighted by atomic mass is 9.59. The van der Waals surface area contributed by atoms with E-state index < -0.39 is 0 Å². The molecule has 4 atom stereocenters. The van der Waals surface area contributed by atoms with Crippen molar-refractivity contribution >= 4 is 0 Å². The molecule has 2 aromatic rings. The number of aliphatic hydroxyl groups is 1. The normalized spacial score (nSPS) is 26.6. The predicted molar refractivity (Wildman–Crippen MR) is 113 cm³/mol. The maximum absolute atomic E-state index is 10.4. The lowest BCUT2D eigenvalue weighted by molar-refractivity contribution is 0.136. The van der Waals surface area contributed by atoms with Crippen LogP contribution in [0.4, 0.5) is 0 Å². The molecule has 0 radical (unpaired) electrons. The van der Waals surface area contributed by atoms with Crippen molar-refractivity contribution in [1.29, 1.82) is 0 Å². The molecule has 0 bridgehead atoms. The summed E-state index contributed by atoms with van der Waals surface area (Å²) in [5, 5.41) is 10.4. The molecule has 4 rings (SSSR count). The predicted octanol–water partition coefficient (Wildman–Crippen LogP) is 5.66. The maximum Gasteiger partial charge on any atom is 0.0465 e. The van der Waals surface area contributed by atoms with Gasteiger partial charge in [0.25, 0.3) is 0 Å². The lowest BCUT2D eigenvalue weighted by Crippen LogP contribution is -2.41. The monoisotopic (exact) mass is 358 g/mol. The molecule has 2 aliphatic rings. The number of benzene rings is 2. The van der Waals surface area contributed by atoms with Crippen LogP contribution in [0.25, 0.3) is 0 Å². The van der Waals surface area contributed by atoms with Crippen LogP contribution in [0, 0.1) is 17.8 Å². The quantitative estimate of drug-likeness (QED) is 0.633. The zero-order valence-electron chi connectivity index (χ0n) is 16.1. The third-order valence-electron chi connectivity index (χ3n) is 7.29. The topological polar surface area (TPSA) is 20.2 Å². The second kappa shape index (κ2) is 7.48. The smallest absolute Gasteiger partial charge is 0.0465 e. The number of fused-ring (bicyclic) bond motifs is 1. The number of aliphatic hydroxyl groups excluding tert-OH is 1. The summed E-state index contributed by atoms with van der Waals surface area (Å²) in [6.07, 6.45) is 8.67. The van der Waals surface area contributed by atoms with Crippen LogP contribution in [0.15, 0.2) is 79.9 Å². The Balaban J connectivity index is 1.73. The van der Waals surface area contributed by atoms with Crippen LogP contribution in [0.3, 0.4) is 0 Å². The summed E-state index contributed by atoms with van der Waals surface area (Å²) in [5.74, 6) is 1.57. The first-order valence-electron chi connectivity index (χ1n) is 10.2. The molecule has 0 aromatic heterocycles. The molecule has 1 N–H and O–H groups in total. The SMILES string of the molecule is C=C[C@@H]1CC[C@@H](C=C)C1(CC(CO)C1Cc2ccccc21)c1ccccc1. The zero-order valence-corrected chi connectivity index (χ0v) is 16.1. The molecular weight excluding hydrogens is 328 g/mol. The fourth-order valence-electron chi connectivity index (χ4n) is 5.89. The third-order valence-corrected chi connectivity index (χ3v) is 7.29. The molecule has 0 saturated heterocycles. The van der Waals surface area contributed by atoms with Gasteiger partial charge in [0, 0.05) is 12.0 Å². The Bertz CT molecular complexity index is 790. The van der Waals surface area contributed by atoms with E-state index in [1.165, 1.54) is 16.7 Å². The van der Waals surface area contributed by atoms with E-state index >= 15 is 0 Å². The molecule has 1 fully saturated rings. The van der Waals surface area contributed by atoms with Crippen molar-refractivity contribution < 1.29 is 5.11 Å². The number of hydrogen-bond donors (Lipinski definition) is 1. The fraction of sp³-hybridized carbons (Fsp3) is 0.385. The van der Waals surface area contributed by atoms with E-state index in [1.807, 2.05) is 0 Å². The van der Waals surface area contributed by atoms with E-state index in [2.05, 4.69) is 79.9 Å². The highest BCUT2D eigenvalue weighted by atomic mass is 16.3. The minimum Gasteiger partial charge on any atom is -0.396 e. The van der Waals surface area contributed by atoms with Gasteiger partial charge in [-0.3, -0.25) is 0 Å². The Kier molecular flexibility index (Phi) is 5.06. The average Bonchev–Trinajstić information content (AvgIpc) is 3.07. The molecule has 2 aliphatic carbocycles. The van der Waals surface area contributed by atoms with Crippen LogP contribution in [-0.2, 0) is 11.8 Å². The van der Waals surface area contributed by atoms with Crippen molar-refractivity contribution in [2.24, 2.45) is 17.8 Å². The van der Waals surface area contributed by atoms with Crippen LogP contribution in [-0.4, -0.2) is 11.7 Å². The van der Waals surface area contributed by atoms with Crippen LogP contribution >= 0.6 is 0 Å². The van der Waals surface area contributed by atoms with Gasteiger partial charge in [0.05, 0.1) is 0 Å². The minimum absolute atomic E-state index is 0.0112. The third kappa shape index (κ3) is 2.89. The van der Waals surface area contributed by atoms with E-state index in [4.69, 9.17) is 0 Å². The lowest BCUT2D eigenvalue weighted by Gasteiger charge is -2.45. The first kappa shape index (κ1) is 18.3. The molecule has 27 heavy (non-hydrogen) atoms. The van der Waals surface area contributed by atoms with Crippen molar-refractivity contribution in [2.45, 2.75) is 37.0 Å². The zero-order chi connectivity index (χ0) is 18.9. The highest BCUT2D eigenvalue weighted by molar-refractivity contribution is 5.41. The van der Waals surface area contributed by atoms with E-state index in [0.29, 0.717) is 17.8 Å². The molecule has 0 heterocycles. The summed E-state index contributed by atoms with van der Waals surface area (Å²) >= 11 is 0. The van der Waals surface area contributed by atoms with E-state index in [9.17, 15) is 5.11 Å². The highest BCUT2D eigenvalue weighted by Gasteiger charge is 2.51. The first-order valence-corrected chi connectivity index (χ1v) is 10.2. The van der Waals surface area contributed by atoms with Crippen molar-refractivity contribution in [1.82, 2.24) is 0 Å². The van der Waals surface area contributed by atoms with Gasteiger partial charge in [0.15, 0.2) is 0 Å².